The van der Waals surface area contributed by atoms with E-state index in [2.05, 4.69) is 0 Å². The average molecular weight is 234 g/mol. The molecular formula is C15H19FO. The van der Waals surface area contributed by atoms with E-state index in [1.165, 1.54) is 0 Å². The quantitative estimate of drug-likeness (QED) is 0.775. The maximum Gasteiger partial charge on any atom is 0.137 e. The van der Waals surface area contributed by atoms with Crippen LogP contribution in [0, 0.1) is 5.92 Å². The molecule has 0 aromatic heterocycles. The van der Waals surface area contributed by atoms with Gasteiger partial charge in [-0.3, -0.25) is 4.79 Å². The molecule has 1 aromatic rings. The molecule has 1 fully saturated rings. The molecule has 0 amide bonds. The van der Waals surface area contributed by atoms with Crippen LogP contribution in [0.1, 0.15) is 44.1 Å². The van der Waals surface area contributed by atoms with Crippen LogP contribution in [0.2, 0.25) is 0 Å². The van der Waals surface area contributed by atoms with Gasteiger partial charge in [0, 0.05) is 5.92 Å². The van der Waals surface area contributed by atoms with Crippen molar-refractivity contribution in [3.05, 3.63) is 35.9 Å². The van der Waals surface area contributed by atoms with Crippen molar-refractivity contribution in [1.29, 1.82) is 0 Å². The highest BCUT2D eigenvalue weighted by atomic mass is 19.1. The molecule has 0 radical (unpaired) electrons. The molecule has 0 aliphatic heterocycles. The van der Waals surface area contributed by atoms with Crippen molar-refractivity contribution in [1.82, 2.24) is 0 Å². The first-order valence-corrected chi connectivity index (χ1v) is 6.38. The number of carbonyl (C=O) groups is 1. The summed E-state index contributed by atoms with van der Waals surface area (Å²) in [6.07, 6.45) is 2.36. The summed E-state index contributed by atoms with van der Waals surface area (Å²) in [5, 5.41) is 0. The molecule has 0 saturated heterocycles. The van der Waals surface area contributed by atoms with Gasteiger partial charge >= 0.3 is 0 Å². The summed E-state index contributed by atoms with van der Waals surface area (Å²) in [7, 11) is 0. The third kappa shape index (κ3) is 2.93. The van der Waals surface area contributed by atoms with E-state index in [-0.39, 0.29) is 17.6 Å². The summed E-state index contributed by atoms with van der Waals surface area (Å²) >= 11 is 0. The SMILES string of the molecule is CC(=O)[C@@H](c1ccccc1)C1CCC[C@@H](F)C1. The number of hydrogen-bond donors (Lipinski definition) is 0. The van der Waals surface area contributed by atoms with E-state index in [1.54, 1.807) is 6.92 Å². The minimum Gasteiger partial charge on any atom is -0.299 e. The Bertz CT molecular complexity index is 374. The van der Waals surface area contributed by atoms with Crippen molar-refractivity contribution < 1.29 is 9.18 Å². The van der Waals surface area contributed by atoms with Crippen LogP contribution in [0.4, 0.5) is 4.39 Å². The Morgan fingerprint density at radius 2 is 2.00 bits per heavy atom. The lowest BCUT2D eigenvalue weighted by Gasteiger charge is -2.30. The minimum atomic E-state index is -0.723. The largest absolute Gasteiger partial charge is 0.299 e. The molecule has 1 saturated carbocycles. The fourth-order valence-corrected chi connectivity index (χ4v) is 2.97. The Morgan fingerprint density at radius 3 is 2.59 bits per heavy atom. The molecule has 17 heavy (non-hydrogen) atoms. The van der Waals surface area contributed by atoms with Gasteiger partial charge in [0.2, 0.25) is 0 Å². The molecule has 3 atom stereocenters. The normalized spacial score (nSPS) is 26.5. The topological polar surface area (TPSA) is 17.1 Å². The van der Waals surface area contributed by atoms with Crippen LogP contribution in [0.3, 0.4) is 0 Å². The van der Waals surface area contributed by atoms with Gasteiger partial charge in [0.25, 0.3) is 0 Å². The number of halogens is 1. The van der Waals surface area contributed by atoms with Gasteiger partial charge in [-0.05, 0) is 37.7 Å². The summed E-state index contributed by atoms with van der Waals surface area (Å²) in [5.41, 5.74) is 1.04. The molecule has 0 N–H and O–H groups in total. The Labute approximate surface area is 102 Å². The Hall–Kier alpha value is -1.18. The first kappa shape index (κ1) is 12.3. The van der Waals surface area contributed by atoms with Crippen LogP contribution >= 0.6 is 0 Å². The highest BCUT2D eigenvalue weighted by molar-refractivity contribution is 5.83. The molecule has 1 unspecified atom stereocenters. The third-order valence-corrected chi connectivity index (χ3v) is 3.72. The third-order valence-electron chi connectivity index (χ3n) is 3.72. The van der Waals surface area contributed by atoms with E-state index < -0.39 is 6.17 Å². The van der Waals surface area contributed by atoms with Crippen molar-refractivity contribution in [3.8, 4) is 0 Å². The van der Waals surface area contributed by atoms with E-state index in [0.717, 1.165) is 18.4 Å². The lowest BCUT2D eigenvalue weighted by molar-refractivity contribution is -0.120. The monoisotopic (exact) mass is 234 g/mol. The summed E-state index contributed by atoms with van der Waals surface area (Å²) in [6.45, 7) is 1.62. The summed E-state index contributed by atoms with van der Waals surface area (Å²) in [5.74, 6) is 0.226. The molecule has 2 rings (SSSR count). The number of alkyl halides is 1. The number of Topliss-reactive ketones (excluding diaryl/α,β-unsaturated/α-hetero) is 1. The Balaban J connectivity index is 2.20. The first-order chi connectivity index (χ1) is 8.18. The van der Waals surface area contributed by atoms with E-state index in [0.29, 0.717) is 12.8 Å². The molecule has 1 aliphatic rings. The van der Waals surface area contributed by atoms with Gasteiger partial charge in [0.15, 0.2) is 0 Å². The zero-order valence-corrected chi connectivity index (χ0v) is 10.2. The molecule has 1 nitrogen and oxygen atoms in total. The van der Waals surface area contributed by atoms with Gasteiger partial charge in [-0.1, -0.05) is 36.8 Å². The van der Waals surface area contributed by atoms with Crippen molar-refractivity contribution >= 4 is 5.78 Å². The highest BCUT2D eigenvalue weighted by Gasteiger charge is 2.31. The summed E-state index contributed by atoms with van der Waals surface area (Å²) < 4.78 is 13.5. The molecule has 2 heteroatoms. The Morgan fingerprint density at radius 1 is 1.29 bits per heavy atom. The molecule has 0 bridgehead atoms. The molecule has 1 aliphatic carbocycles. The van der Waals surface area contributed by atoms with Crippen LogP contribution in [0.25, 0.3) is 0 Å². The molecule has 0 spiro atoms. The first-order valence-electron chi connectivity index (χ1n) is 6.38. The standard InChI is InChI=1S/C15H19FO/c1-11(17)15(12-6-3-2-4-7-12)13-8-5-9-14(16)10-13/h2-4,6-7,13-15H,5,8-10H2,1H3/t13?,14-,15+/m1/s1. The van der Waals surface area contributed by atoms with Crippen molar-refractivity contribution in [2.24, 2.45) is 5.92 Å². The van der Waals surface area contributed by atoms with Gasteiger partial charge in [-0.15, -0.1) is 0 Å². The van der Waals surface area contributed by atoms with E-state index >= 15 is 0 Å². The zero-order chi connectivity index (χ0) is 12.3. The van der Waals surface area contributed by atoms with Crippen LogP contribution in [0.5, 0.6) is 0 Å². The van der Waals surface area contributed by atoms with Gasteiger partial charge in [0.1, 0.15) is 12.0 Å². The molecule has 0 heterocycles. The summed E-state index contributed by atoms with van der Waals surface area (Å²) in [4.78, 5) is 11.8. The lowest BCUT2D eigenvalue weighted by Crippen LogP contribution is -2.26. The van der Waals surface area contributed by atoms with Crippen molar-refractivity contribution in [2.45, 2.75) is 44.7 Å². The minimum absolute atomic E-state index is 0.116. The Kier molecular flexibility index (Phi) is 3.93. The smallest absolute Gasteiger partial charge is 0.137 e. The molecule has 1 aromatic carbocycles. The van der Waals surface area contributed by atoms with Crippen LogP contribution in [-0.2, 0) is 4.79 Å². The number of rotatable bonds is 3. The van der Waals surface area contributed by atoms with E-state index in [1.807, 2.05) is 30.3 Å². The van der Waals surface area contributed by atoms with Gasteiger partial charge in [-0.25, -0.2) is 4.39 Å². The summed E-state index contributed by atoms with van der Waals surface area (Å²) in [6, 6.07) is 9.80. The highest BCUT2D eigenvalue weighted by Crippen LogP contribution is 2.37. The van der Waals surface area contributed by atoms with Gasteiger partial charge < -0.3 is 0 Å². The van der Waals surface area contributed by atoms with Gasteiger partial charge in [0.05, 0.1) is 0 Å². The second-order valence-corrected chi connectivity index (χ2v) is 5.02. The fraction of sp³-hybridized carbons (Fsp3) is 0.533. The maximum absolute atomic E-state index is 13.5. The van der Waals surface area contributed by atoms with E-state index in [9.17, 15) is 9.18 Å². The van der Waals surface area contributed by atoms with Crippen molar-refractivity contribution in [2.75, 3.05) is 0 Å². The number of benzene rings is 1. The second-order valence-electron chi connectivity index (χ2n) is 5.02. The lowest BCUT2D eigenvalue weighted by atomic mass is 9.74. The van der Waals surface area contributed by atoms with Gasteiger partial charge in [-0.2, -0.15) is 0 Å². The van der Waals surface area contributed by atoms with E-state index in [4.69, 9.17) is 0 Å². The van der Waals surface area contributed by atoms with Crippen LogP contribution in [-0.4, -0.2) is 12.0 Å². The zero-order valence-electron chi connectivity index (χ0n) is 10.2. The predicted octanol–water partition coefficient (Wildman–Crippen LogP) is 3.89. The van der Waals surface area contributed by atoms with Crippen LogP contribution in [0.15, 0.2) is 30.3 Å². The maximum atomic E-state index is 13.5. The molecule has 92 valence electrons. The predicted molar refractivity (Wildman–Crippen MR) is 66.7 cm³/mol. The average Bonchev–Trinajstić information content (AvgIpc) is 2.30. The second kappa shape index (κ2) is 5.44. The number of hydrogen-bond acceptors (Lipinski definition) is 1. The fourth-order valence-electron chi connectivity index (χ4n) is 2.97. The van der Waals surface area contributed by atoms with Crippen molar-refractivity contribution in [3.63, 3.8) is 0 Å². The number of carbonyl (C=O) groups excluding carboxylic acids is 1. The molecular weight excluding hydrogens is 215 g/mol. The van der Waals surface area contributed by atoms with Crippen LogP contribution < -0.4 is 0 Å². The number of ketones is 1.